The van der Waals surface area contributed by atoms with Crippen molar-refractivity contribution in [1.29, 1.82) is 0 Å². The third-order valence-corrected chi connectivity index (χ3v) is 3.76. The highest BCUT2D eigenvalue weighted by Gasteiger charge is 2.07. The molecule has 0 aliphatic rings. The molecule has 0 unspecified atom stereocenters. The molecule has 6 heteroatoms. The number of carbonyl (C=O) groups is 1. The molecular formula is C17H17BrN2O3. The van der Waals surface area contributed by atoms with Crippen molar-refractivity contribution in [1.82, 2.24) is 5.43 Å². The number of hydrazone groups is 1. The summed E-state index contributed by atoms with van der Waals surface area (Å²) >= 11 is 3.23. The van der Waals surface area contributed by atoms with Crippen LogP contribution in [0, 0.1) is 0 Å². The maximum Gasteiger partial charge on any atom is 0.240 e. The molecular weight excluding hydrogens is 360 g/mol. The van der Waals surface area contributed by atoms with Gasteiger partial charge in [0.25, 0.3) is 0 Å². The number of carbonyl (C=O) groups excluding carboxylic acids is 1. The second kappa shape index (κ2) is 8.33. The lowest BCUT2D eigenvalue weighted by atomic mass is 10.1. The van der Waals surface area contributed by atoms with Gasteiger partial charge in [-0.25, -0.2) is 5.43 Å². The first-order chi connectivity index (χ1) is 11.1. The van der Waals surface area contributed by atoms with Crippen molar-refractivity contribution in [3.63, 3.8) is 0 Å². The topological polar surface area (TPSA) is 70.9 Å². The van der Waals surface area contributed by atoms with E-state index < -0.39 is 0 Å². The summed E-state index contributed by atoms with van der Waals surface area (Å²) in [6.07, 6.45) is 2.53. The van der Waals surface area contributed by atoms with Gasteiger partial charge < -0.3 is 9.84 Å². The molecule has 23 heavy (non-hydrogen) atoms. The lowest BCUT2D eigenvalue weighted by Crippen LogP contribution is -2.17. The summed E-state index contributed by atoms with van der Waals surface area (Å²) < 4.78 is 5.55. The maximum absolute atomic E-state index is 11.8. The molecule has 120 valence electrons. The van der Waals surface area contributed by atoms with E-state index in [4.69, 9.17) is 4.74 Å². The number of methoxy groups -OCH3 is 1. The van der Waals surface area contributed by atoms with Crippen LogP contribution in [0.4, 0.5) is 0 Å². The van der Waals surface area contributed by atoms with Gasteiger partial charge >= 0.3 is 0 Å². The van der Waals surface area contributed by atoms with E-state index in [2.05, 4.69) is 26.5 Å². The quantitative estimate of drug-likeness (QED) is 0.600. The summed E-state index contributed by atoms with van der Waals surface area (Å²) in [6, 6.07) is 13.1. The number of hydrogen-bond donors (Lipinski definition) is 2. The normalized spacial score (nSPS) is 10.7. The van der Waals surface area contributed by atoms with Crippen molar-refractivity contribution in [2.75, 3.05) is 7.11 Å². The van der Waals surface area contributed by atoms with Gasteiger partial charge in [-0.15, -0.1) is 0 Å². The Bertz CT molecular complexity index is 702. The summed E-state index contributed by atoms with van der Waals surface area (Å²) in [5, 5.41) is 13.6. The van der Waals surface area contributed by atoms with Crippen LogP contribution < -0.4 is 10.2 Å². The molecule has 2 aromatic carbocycles. The fraction of sp³-hybridized carbons (Fsp3) is 0.176. The Hall–Kier alpha value is -2.34. The summed E-state index contributed by atoms with van der Waals surface area (Å²) in [5.41, 5.74) is 4.28. The van der Waals surface area contributed by atoms with Gasteiger partial charge in [0.2, 0.25) is 5.91 Å². The van der Waals surface area contributed by atoms with Crippen LogP contribution in [0.1, 0.15) is 17.5 Å². The number of ether oxygens (including phenoxy) is 1. The average molecular weight is 377 g/mol. The first-order valence-corrected chi connectivity index (χ1v) is 7.82. The smallest absolute Gasteiger partial charge is 0.240 e. The molecule has 0 spiro atoms. The van der Waals surface area contributed by atoms with E-state index in [0.717, 1.165) is 5.56 Å². The molecule has 2 aromatic rings. The first kappa shape index (κ1) is 17.0. The lowest BCUT2D eigenvalue weighted by molar-refractivity contribution is -0.121. The summed E-state index contributed by atoms with van der Waals surface area (Å²) in [6.45, 7) is 0. The first-order valence-electron chi connectivity index (χ1n) is 7.02. The second-order valence-electron chi connectivity index (χ2n) is 4.83. The number of phenolic OH excluding ortho intramolecular Hbond substituents is 1. The molecule has 0 radical (unpaired) electrons. The van der Waals surface area contributed by atoms with Gasteiger partial charge in [0.05, 0.1) is 17.8 Å². The van der Waals surface area contributed by atoms with Gasteiger partial charge in [0, 0.05) is 6.42 Å². The standard InChI is InChI=1S/C17H17BrN2O3/c1-23-15-10-13(9-14(18)17(15)22)11-19-20-16(21)8-7-12-5-3-2-4-6-12/h2-6,9-11,22H,7-8H2,1H3,(H,20,21)/b19-11+. The Labute approximate surface area is 143 Å². The molecule has 0 heterocycles. The molecule has 5 nitrogen and oxygen atoms in total. The van der Waals surface area contributed by atoms with Gasteiger partial charge in [0.1, 0.15) is 0 Å². The molecule has 0 saturated carbocycles. The van der Waals surface area contributed by atoms with Gasteiger partial charge in [0.15, 0.2) is 11.5 Å². The van der Waals surface area contributed by atoms with Crippen LogP contribution in [-0.2, 0) is 11.2 Å². The number of nitrogens with one attached hydrogen (secondary N) is 1. The van der Waals surface area contributed by atoms with E-state index >= 15 is 0 Å². The highest BCUT2D eigenvalue weighted by molar-refractivity contribution is 9.10. The molecule has 0 aromatic heterocycles. The van der Waals surface area contributed by atoms with Crippen LogP contribution in [-0.4, -0.2) is 24.3 Å². The lowest BCUT2D eigenvalue weighted by Gasteiger charge is -2.06. The number of halogens is 1. The number of phenols is 1. The molecule has 0 bridgehead atoms. The number of aryl methyl sites for hydroxylation is 1. The Kier molecular flexibility index (Phi) is 6.17. The number of aromatic hydroxyl groups is 1. The van der Waals surface area contributed by atoms with Crippen LogP contribution >= 0.6 is 15.9 Å². The Morgan fingerprint density at radius 2 is 2.09 bits per heavy atom. The number of rotatable bonds is 6. The maximum atomic E-state index is 11.8. The van der Waals surface area contributed by atoms with Crippen molar-refractivity contribution < 1.29 is 14.6 Å². The zero-order valence-corrected chi connectivity index (χ0v) is 14.2. The largest absolute Gasteiger partial charge is 0.503 e. The minimum atomic E-state index is -0.157. The van der Waals surface area contributed by atoms with Crippen LogP contribution in [0.15, 0.2) is 52.0 Å². The Morgan fingerprint density at radius 1 is 1.35 bits per heavy atom. The van der Waals surface area contributed by atoms with Crippen LogP contribution in [0.3, 0.4) is 0 Å². The van der Waals surface area contributed by atoms with Crippen molar-refractivity contribution in [3.05, 3.63) is 58.1 Å². The fourth-order valence-corrected chi connectivity index (χ4v) is 2.42. The molecule has 0 aliphatic carbocycles. The number of hydrogen-bond acceptors (Lipinski definition) is 4. The summed E-state index contributed by atoms with van der Waals surface area (Å²) in [7, 11) is 1.47. The third-order valence-electron chi connectivity index (χ3n) is 3.16. The highest BCUT2D eigenvalue weighted by Crippen LogP contribution is 2.34. The predicted octanol–water partition coefficient (Wildman–Crippen LogP) is 3.25. The van der Waals surface area contributed by atoms with Gasteiger partial charge in [-0.1, -0.05) is 30.3 Å². The van der Waals surface area contributed by atoms with Crippen LogP contribution in [0.2, 0.25) is 0 Å². The fourth-order valence-electron chi connectivity index (χ4n) is 1.96. The van der Waals surface area contributed by atoms with E-state index in [1.807, 2.05) is 30.3 Å². The average Bonchev–Trinajstić information content (AvgIpc) is 2.57. The molecule has 0 saturated heterocycles. The van der Waals surface area contributed by atoms with Crippen molar-refractivity contribution >= 4 is 28.1 Å². The molecule has 1 amide bonds. The van der Waals surface area contributed by atoms with E-state index in [1.54, 1.807) is 12.1 Å². The molecule has 0 aliphatic heterocycles. The molecule has 2 rings (SSSR count). The third kappa shape index (κ3) is 5.10. The minimum Gasteiger partial charge on any atom is -0.503 e. The van der Waals surface area contributed by atoms with Crippen molar-refractivity contribution in [2.24, 2.45) is 5.10 Å². The van der Waals surface area contributed by atoms with Crippen molar-refractivity contribution in [3.8, 4) is 11.5 Å². The highest BCUT2D eigenvalue weighted by atomic mass is 79.9. The SMILES string of the molecule is COc1cc(/C=N/NC(=O)CCc2ccccc2)cc(Br)c1O. The van der Waals surface area contributed by atoms with Gasteiger partial charge in [-0.05, 0) is 45.6 Å². The summed E-state index contributed by atoms with van der Waals surface area (Å²) in [5.74, 6) is 0.197. The van der Waals surface area contributed by atoms with E-state index in [1.165, 1.54) is 13.3 Å². The van der Waals surface area contributed by atoms with Gasteiger partial charge in [-0.3, -0.25) is 4.79 Å². The molecule has 0 atom stereocenters. The number of benzene rings is 2. The second-order valence-corrected chi connectivity index (χ2v) is 5.69. The zero-order chi connectivity index (χ0) is 16.7. The van der Waals surface area contributed by atoms with Crippen LogP contribution in [0.5, 0.6) is 11.5 Å². The Balaban J connectivity index is 1.89. The zero-order valence-electron chi connectivity index (χ0n) is 12.6. The van der Waals surface area contributed by atoms with E-state index in [9.17, 15) is 9.90 Å². The van der Waals surface area contributed by atoms with Gasteiger partial charge in [-0.2, -0.15) is 5.10 Å². The predicted molar refractivity (Wildman–Crippen MR) is 92.9 cm³/mol. The number of amides is 1. The van der Waals surface area contributed by atoms with Crippen molar-refractivity contribution in [2.45, 2.75) is 12.8 Å². The summed E-state index contributed by atoms with van der Waals surface area (Å²) in [4.78, 5) is 11.8. The van der Waals surface area contributed by atoms with E-state index in [0.29, 0.717) is 28.6 Å². The monoisotopic (exact) mass is 376 g/mol. The Morgan fingerprint density at radius 3 is 2.78 bits per heavy atom. The molecule has 0 fully saturated rings. The van der Waals surface area contributed by atoms with Crippen LogP contribution in [0.25, 0.3) is 0 Å². The van der Waals surface area contributed by atoms with E-state index in [-0.39, 0.29) is 11.7 Å². The minimum absolute atomic E-state index is 0.0246. The number of nitrogens with zero attached hydrogens (tertiary/aromatic N) is 1. The molecule has 2 N–H and O–H groups in total.